The molecule has 0 aliphatic carbocycles. The zero-order valence-corrected chi connectivity index (χ0v) is 28.1. The highest BCUT2D eigenvalue weighted by Gasteiger charge is 2.16. The number of ether oxygens (including phenoxy) is 5. The molecule has 0 unspecified atom stereocenters. The summed E-state index contributed by atoms with van der Waals surface area (Å²) in [5, 5.41) is 11.6. The molecule has 0 fully saturated rings. The minimum absolute atomic E-state index is 0.332. The van der Waals surface area contributed by atoms with Gasteiger partial charge in [-0.25, -0.2) is 9.59 Å². The average Bonchev–Trinajstić information content (AvgIpc) is 2.92. The van der Waals surface area contributed by atoms with E-state index >= 15 is 0 Å². The normalized spacial score (nSPS) is 10.7. The fourth-order valence-electron chi connectivity index (χ4n) is 2.97. The first-order valence-electron chi connectivity index (χ1n) is 15.2. The van der Waals surface area contributed by atoms with E-state index < -0.39 is 11.2 Å². The van der Waals surface area contributed by atoms with Gasteiger partial charge in [0.15, 0.2) is 0 Å². The Bertz CT molecular complexity index is 699. The predicted molar refractivity (Wildman–Crippen MR) is 174 cm³/mol. The minimum Gasteiger partial charge on any atom is -0.444 e. The summed E-state index contributed by atoms with van der Waals surface area (Å²) >= 11 is 0. The van der Waals surface area contributed by atoms with Gasteiger partial charge in [0.05, 0.1) is 39.6 Å². The Balaban J connectivity index is -0.000000839. The lowest BCUT2D eigenvalue weighted by Gasteiger charge is -2.19. The van der Waals surface area contributed by atoms with Gasteiger partial charge in [-0.2, -0.15) is 0 Å². The second-order valence-corrected chi connectivity index (χ2v) is 11.3. The van der Waals surface area contributed by atoms with Crippen molar-refractivity contribution >= 4 is 12.2 Å². The van der Waals surface area contributed by atoms with Gasteiger partial charge >= 0.3 is 12.2 Å². The van der Waals surface area contributed by atoms with Gasteiger partial charge in [0, 0.05) is 26.2 Å². The van der Waals surface area contributed by atoms with E-state index in [0.29, 0.717) is 52.7 Å². The van der Waals surface area contributed by atoms with E-state index in [-0.39, 0.29) is 12.2 Å². The highest BCUT2D eigenvalue weighted by molar-refractivity contribution is 5.67. The number of alkyl carbamates (subject to hydrolysis) is 2. The maximum atomic E-state index is 11.4. The second-order valence-electron chi connectivity index (χ2n) is 11.3. The standard InChI is InChI=1S/C20H38N2O5.C10H22N2O2.C2H2/c1-5-10-21-12-14-25-16-18-26-17-15-24-13-9-7-6-8-11-22-19(23)27-20(2,3)4;1-10(2,3)14-9(13)12-8-6-5-7-11-4;1-2/h1,21H,6-18H2,2-4H3,(H,22,23);11H,5-8H2,1-4H3,(H,12,13);1-2H. The van der Waals surface area contributed by atoms with Crippen LogP contribution >= 0.6 is 0 Å². The molecule has 0 spiro atoms. The molecular weight excluding hydrogens is 552 g/mol. The summed E-state index contributed by atoms with van der Waals surface area (Å²) in [6, 6.07) is 0. The molecule has 2 amide bonds. The van der Waals surface area contributed by atoms with Crippen LogP contribution in [0.15, 0.2) is 0 Å². The van der Waals surface area contributed by atoms with Gasteiger partial charge in [-0.1, -0.05) is 18.8 Å². The summed E-state index contributed by atoms with van der Waals surface area (Å²) in [6.45, 7) is 18.5. The van der Waals surface area contributed by atoms with Crippen LogP contribution in [0, 0.1) is 25.2 Å². The monoisotopic (exact) mass is 614 g/mol. The van der Waals surface area contributed by atoms with E-state index in [2.05, 4.69) is 40.0 Å². The molecule has 0 aromatic rings. The largest absolute Gasteiger partial charge is 0.444 e. The lowest BCUT2D eigenvalue weighted by atomic mass is 10.2. The lowest BCUT2D eigenvalue weighted by molar-refractivity contribution is 0.0145. The Kier molecular flexibility index (Phi) is 33.8. The van der Waals surface area contributed by atoms with Crippen molar-refractivity contribution in [2.75, 3.05) is 79.4 Å². The summed E-state index contributed by atoms with van der Waals surface area (Å²) in [5.41, 5.74) is -0.854. The van der Waals surface area contributed by atoms with Crippen LogP contribution in [0.4, 0.5) is 9.59 Å². The first-order valence-corrected chi connectivity index (χ1v) is 15.2. The van der Waals surface area contributed by atoms with Crippen molar-refractivity contribution in [2.24, 2.45) is 0 Å². The van der Waals surface area contributed by atoms with E-state index in [9.17, 15) is 9.59 Å². The summed E-state index contributed by atoms with van der Waals surface area (Å²) in [4.78, 5) is 22.6. The molecule has 43 heavy (non-hydrogen) atoms. The maximum Gasteiger partial charge on any atom is 0.407 e. The van der Waals surface area contributed by atoms with Gasteiger partial charge < -0.3 is 45.0 Å². The number of carbonyl (C=O) groups excluding carboxylic acids is 2. The Labute approximate surface area is 262 Å². The molecule has 0 bridgehead atoms. The number of hydrogen-bond donors (Lipinski definition) is 4. The third-order valence-electron chi connectivity index (χ3n) is 4.80. The van der Waals surface area contributed by atoms with Crippen LogP contribution in [0.1, 0.15) is 80.1 Å². The summed E-state index contributed by atoms with van der Waals surface area (Å²) in [7, 11) is 1.92. The van der Waals surface area contributed by atoms with Gasteiger partial charge in [-0.15, -0.1) is 19.3 Å². The van der Waals surface area contributed by atoms with Gasteiger partial charge in [-0.05, 0) is 80.8 Å². The Morgan fingerprint density at radius 2 is 1.02 bits per heavy atom. The molecule has 0 saturated heterocycles. The number of hydrogen-bond acceptors (Lipinski definition) is 9. The van der Waals surface area contributed by atoms with Crippen LogP contribution < -0.4 is 21.3 Å². The van der Waals surface area contributed by atoms with Crippen LogP contribution in [0.3, 0.4) is 0 Å². The van der Waals surface area contributed by atoms with Crippen molar-refractivity contribution in [3.63, 3.8) is 0 Å². The smallest absolute Gasteiger partial charge is 0.407 e. The van der Waals surface area contributed by atoms with Crippen LogP contribution in [-0.2, 0) is 23.7 Å². The highest BCUT2D eigenvalue weighted by Crippen LogP contribution is 2.07. The van der Waals surface area contributed by atoms with Crippen molar-refractivity contribution in [3.05, 3.63) is 0 Å². The van der Waals surface area contributed by atoms with Crippen molar-refractivity contribution in [1.29, 1.82) is 0 Å². The minimum atomic E-state index is -0.446. The molecule has 0 saturated carbocycles. The fourth-order valence-corrected chi connectivity index (χ4v) is 2.97. The number of carbonyl (C=O) groups is 2. The summed E-state index contributed by atoms with van der Waals surface area (Å²) in [6.07, 6.45) is 18.6. The number of amides is 2. The first-order chi connectivity index (χ1) is 20.4. The SMILES string of the molecule is C#C.C#CCNCCOCCOCCOCCCCCCNC(=O)OC(C)(C)C.CNCCCCNC(=O)OC(C)(C)C. The van der Waals surface area contributed by atoms with Crippen LogP contribution in [0.25, 0.3) is 0 Å². The number of terminal acetylenes is 2. The van der Waals surface area contributed by atoms with Crippen LogP contribution in [0.5, 0.6) is 0 Å². The predicted octanol–water partition coefficient (Wildman–Crippen LogP) is 4.10. The van der Waals surface area contributed by atoms with E-state index in [0.717, 1.165) is 58.2 Å². The molecule has 11 nitrogen and oxygen atoms in total. The van der Waals surface area contributed by atoms with E-state index in [1.54, 1.807) is 0 Å². The Morgan fingerprint density at radius 1 is 0.605 bits per heavy atom. The van der Waals surface area contributed by atoms with Crippen LogP contribution in [0.2, 0.25) is 0 Å². The van der Waals surface area contributed by atoms with Gasteiger partial charge in [0.2, 0.25) is 0 Å². The first kappa shape index (κ1) is 44.9. The third kappa shape index (κ3) is 46.6. The molecule has 0 rings (SSSR count). The van der Waals surface area contributed by atoms with Crippen LogP contribution in [-0.4, -0.2) is 103 Å². The summed E-state index contributed by atoms with van der Waals surface area (Å²) < 4.78 is 26.6. The molecule has 0 aliphatic rings. The number of unbranched alkanes of at least 4 members (excludes halogenated alkanes) is 4. The van der Waals surface area contributed by atoms with E-state index in [1.165, 1.54) is 0 Å². The molecule has 11 heteroatoms. The quantitative estimate of drug-likeness (QED) is 0.105. The average molecular weight is 615 g/mol. The van der Waals surface area contributed by atoms with E-state index in [1.807, 2.05) is 48.6 Å². The fraction of sp³-hybridized carbons (Fsp3) is 0.812. The maximum absolute atomic E-state index is 11.4. The molecule has 0 aromatic carbocycles. The zero-order valence-electron chi connectivity index (χ0n) is 28.1. The summed E-state index contributed by atoms with van der Waals surface area (Å²) in [5.74, 6) is 2.51. The Hall–Kier alpha value is -2.54. The molecule has 0 aromatic heterocycles. The molecular formula is C32H62N4O7. The van der Waals surface area contributed by atoms with Gasteiger partial charge in [0.1, 0.15) is 11.2 Å². The van der Waals surface area contributed by atoms with Crippen molar-refractivity contribution in [2.45, 2.75) is 91.3 Å². The molecule has 4 N–H and O–H groups in total. The molecule has 0 aliphatic heterocycles. The third-order valence-corrected chi connectivity index (χ3v) is 4.80. The number of nitrogens with one attached hydrogen (secondary N) is 4. The van der Waals surface area contributed by atoms with E-state index in [4.69, 9.17) is 30.1 Å². The topological polar surface area (TPSA) is 128 Å². The molecule has 0 radical (unpaired) electrons. The Morgan fingerprint density at radius 3 is 1.49 bits per heavy atom. The second kappa shape index (κ2) is 32.4. The highest BCUT2D eigenvalue weighted by atomic mass is 16.6. The van der Waals surface area contributed by atoms with Gasteiger partial charge in [-0.3, -0.25) is 0 Å². The molecule has 0 heterocycles. The van der Waals surface area contributed by atoms with Gasteiger partial charge in [0.25, 0.3) is 0 Å². The van der Waals surface area contributed by atoms with Crippen molar-refractivity contribution in [1.82, 2.24) is 21.3 Å². The lowest BCUT2D eigenvalue weighted by Crippen LogP contribution is -2.33. The molecule has 0 atom stereocenters. The number of rotatable bonds is 22. The zero-order chi connectivity index (χ0) is 33.2. The van der Waals surface area contributed by atoms with Crippen molar-refractivity contribution < 1.29 is 33.3 Å². The molecule has 252 valence electrons. The van der Waals surface area contributed by atoms with Crippen molar-refractivity contribution in [3.8, 4) is 25.2 Å².